The number of pyridine rings is 1. The minimum absolute atomic E-state index is 0.0729. The Morgan fingerprint density at radius 2 is 1.89 bits per heavy atom. The van der Waals surface area contributed by atoms with Crippen LogP contribution in [0, 0.1) is 6.92 Å². The van der Waals surface area contributed by atoms with Crippen LogP contribution in [0.4, 0.5) is 11.4 Å². The highest BCUT2D eigenvalue weighted by atomic mass is 32.2. The predicted molar refractivity (Wildman–Crippen MR) is 78.3 cm³/mol. The topological polar surface area (TPSA) is 68.0 Å². The lowest BCUT2D eigenvalue weighted by atomic mass is 10.3. The Labute approximate surface area is 116 Å². The van der Waals surface area contributed by atoms with Crippen molar-refractivity contribution in [1.82, 2.24) is 4.98 Å². The molecule has 2 rings (SSSR count). The van der Waals surface area contributed by atoms with Crippen LogP contribution in [-0.2, 0) is 4.79 Å². The molecule has 0 spiro atoms. The van der Waals surface area contributed by atoms with E-state index in [-0.39, 0.29) is 5.91 Å². The Morgan fingerprint density at radius 1 is 1.21 bits per heavy atom. The number of carbonyl (C=O) groups is 1. The molecular weight excluding hydrogens is 258 g/mol. The van der Waals surface area contributed by atoms with Crippen LogP contribution in [0.5, 0.6) is 0 Å². The molecule has 5 heteroatoms. The van der Waals surface area contributed by atoms with Gasteiger partial charge in [0.2, 0.25) is 5.91 Å². The lowest BCUT2D eigenvalue weighted by Gasteiger charge is -2.05. The summed E-state index contributed by atoms with van der Waals surface area (Å²) < 4.78 is 0. The first-order chi connectivity index (χ1) is 9.04. The van der Waals surface area contributed by atoms with Crippen LogP contribution in [-0.4, -0.2) is 10.9 Å². The number of nitrogen functional groups attached to an aromatic ring is 1. The molecular formula is C14H15N3OS. The number of nitrogens with two attached hydrogens (primary N) is 1. The molecule has 0 aliphatic carbocycles. The molecule has 0 atom stereocenters. The number of amides is 1. The molecule has 0 aliphatic rings. The van der Waals surface area contributed by atoms with Crippen LogP contribution in [0.3, 0.4) is 0 Å². The third kappa shape index (κ3) is 3.72. The molecule has 0 saturated carbocycles. The van der Waals surface area contributed by atoms with Gasteiger partial charge >= 0.3 is 0 Å². The number of benzene rings is 1. The summed E-state index contributed by atoms with van der Waals surface area (Å²) in [5.41, 5.74) is 8.06. The third-order valence-corrected chi connectivity index (χ3v) is 3.44. The summed E-state index contributed by atoms with van der Waals surface area (Å²) in [4.78, 5) is 16.4. The normalized spacial score (nSPS) is 10.2. The molecule has 1 amide bonds. The second kappa shape index (κ2) is 5.75. The predicted octanol–water partition coefficient (Wildman–Crippen LogP) is 3.08. The number of hydrogen-bond donors (Lipinski definition) is 2. The molecule has 0 aliphatic heterocycles. The summed E-state index contributed by atoms with van der Waals surface area (Å²) >= 11 is 1.56. The van der Waals surface area contributed by atoms with Crippen molar-refractivity contribution < 1.29 is 4.79 Å². The van der Waals surface area contributed by atoms with E-state index in [2.05, 4.69) is 10.3 Å². The van der Waals surface area contributed by atoms with E-state index < -0.39 is 0 Å². The van der Waals surface area contributed by atoms with Crippen LogP contribution in [0.1, 0.15) is 12.6 Å². The highest BCUT2D eigenvalue weighted by Crippen LogP contribution is 2.28. The Morgan fingerprint density at radius 3 is 2.47 bits per heavy atom. The largest absolute Gasteiger partial charge is 0.397 e. The minimum atomic E-state index is -0.0729. The second-order valence-corrected chi connectivity index (χ2v) is 5.23. The van der Waals surface area contributed by atoms with Crippen molar-refractivity contribution in [3.8, 4) is 0 Å². The summed E-state index contributed by atoms with van der Waals surface area (Å²) in [6.45, 7) is 3.38. The van der Waals surface area contributed by atoms with Crippen molar-refractivity contribution in [3.63, 3.8) is 0 Å². The van der Waals surface area contributed by atoms with E-state index in [0.717, 1.165) is 21.3 Å². The SMILES string of the molecule is CC(=O)Nc1ccc(Sc2ccc(N)c(C)n2)cc1. The van der Waals surface area contributed by atoms with Crippen LogP contribution in [0.15, 0.2) is 46.3 Å². The molecule has 2 aromatic rings. The van der Waals surface area contributed by atoms with E-state index in [1.54, 1.807) is 11.8 Å². The zero-order valence-corrected chi connectivity index (χ0v) is 11.6. The van der Waals surface area contributed by atoms with Gasteiger partial charge in [-0.3, -0.25) is 4.79 Å². The zero-order valence-electron chi connectivity index (χ0n) is 10.8. The van der Waals surface area contributed by atoms with Crippen LogP contribution >= 0.6 is 11.8 Å². The highest BCUT2D eigenvalue weighted by molar-refractivity contribution is 7.99. The highest BCUT2D eigenvalue weighted by Gasteiger charge is 2.02. The van der Waals surface area contributed by atoms with E-state index in [4.69, 9.17) is 5.73 Å². The third-order valence-electron chi connectivity index (χ3n) is 2.50. The molecule has 4 nitrogen and oxygen atoms in total. The maximum Gasteiger partial charge on any atom is 0.221 e. The monoisotopic (exact) mass is 273 g/mol. The number of carbonyl (C=O) groups excluding carboxylic acids is 1. The van der Waals surface area contributed by atoms with Gasteiger partial charge < -0.3 is 11.1 Å². The van der Waals surface area contributed by atoms with E-state index in [1.165, 1.54) is 6.92 Å². The van der Waals surface area contributed by atoms with Gasteiger partial charge in [-0.1, -0.05) is 11.8 Å². The smallest absolute Gasteiger partial charge is 0.221 e. The Kier molecular flexibility index (Phi) is 4.06. The standard InChI is InChI=1S/C14H15N3OS/c1-9-13(15)7-8-14(16-9)19-12-5-3-11(4-6-12)17-10(2)18/h3-8H,15H2,1-2H3,(H,17,18). The Balaban J connectivity index is 2.10. The first kappa shape index (κ1) is 13.4. The molecule has 0 fully saturated rings. The van der Waals surface area contributed by atoms with Gasteiger partial charge in [0.1, 0.15) is 5.03 Å². The van der Waals surface area contributed by atoms with Crippen molar-refractivity contribution >= 4 is 29.0 Å². The number of nitrogens with zero attached hydrogens (tertiary/aromatic N) is 1. The quantitative estimate of drug-likeness (QED) is 0.901. The van der Waals surface area contributed by atoms with Gasteiger partial charge in [-0.2, -0.15) is 0 Å². The van der Waals surface area contributed by atoms with Gasteiger partial charge in [0.05, 0.1) is 11.4 Å². The van der Waals surface area contributed by atoms with Crippen LogP contribution < -0.4 is 11.1 Å². The van der Waals surface area contributed by atoms with Crippen molar-refractivity contribution in [2.45, 2.75) is 23.8 Å². The van der Waals surface area contributed by atoms with Crippen molar-refractivity contribution in [1.29, 1.82) is 0 Å². The lowest BCUT2D eigenvalue weighted by molar-refractivity contribution is -0.114. The molecule has 0 unspecified atom stereocenters. The molecule has 0 radical (unpaired) electrons. The molecule has 98 valence electrons. The van der Waals surface area contributed by atoms with Gasteiger partial charge in [0.15, 0.2) is 0 Å². The first-order valence-corrected chi connectivity index (χ1v) is 6.65. The van der Waals surface area contributed by atoms with Crippen molar-refractivity contribution in [3.05, 3.63) is 42.1 Å². The second-order valence-electron chi connectivity index (χ2n) is 4.13. The summed E-state index contributed by atoms with van der Waals surface area (Å²) in [6.07, 6.45) is 0. The average molecular weight is 273 g/mol. The maximum atomic E-state index is 10.9. The van der Waals surface area contributed by atoms with E-state index in [9.17, 15) is 4.79 Å². The van der Waals surface area contributed by atoms with E-state index in [1.807, 2.05) is 43.3 Å². The van der Waals surface area contributed by atoms with Crippen molar-refractivity contribution in [2.24, 2.45) is 0 Å². The number of aromatic nitrogens is 1. The summed E-state index contributed by atoms with van der Waals surface area (Å²) in [7, 11) is 0. The molecule has 1 aromatic heterocycles. The van der Waals surface area contributed by atoms with E-state index >= 15 is 0 Å². The van der Waals surface area contributed by atoms with Crippen LogP contribution in [0.25, 0.3) is 0 Å². The molecule has 3 N–H and O–H groups in total. The fraction of sp³-hybridized carbons (Fsp3) is 0.143. The number of rotatable bonds is 3. The van der Waals surface area contributed by atoms with Gasteiger partial charge in [0.25, 0.3) is 0 Å². The Bertz CT molecular complexity index is 596. The van der Waals surface area contributed by atoms with Gasteiger partial charge in [0, 0.05) is 17.5 Å². The number of anilines is 2. The fourth-order valence-electron chi connectivity index (χ4n) is 1.54. The first-order valence-electron chi connectivity index (χ1n) is 5.83. The van der Waals surface area contributed by atoms with Gasteiger partial charge in [-0.25, -0.2) is 4.98 Å². The Hall–Kier alpha value is -2.01. The number of aryl methyl sites for hydroxylation is 1. The lowest BCUT2D eigenvalue weighted by Crippen LogP contribution is -2.05. The van der Waals surface area contributed by atoms with E-state index in [0.29, 0.717) is 5.69 Å². The zero-order chi connectivity index (χ0) is 13.8. The van der Waals surface area contributed by atoms with Gasteiger partial charge in [-0.05, 0) is 43.3 Å². The summed E-state index contributed by atoms with van der Waals surface area (Å²) in [5.74, 6) is -0.0729. The molecule has 19 heavy (non-hydrogen) atoms. The fourth-order valence-corrected chi connectivity index (χ4v) is 2.37. The number of hydrogen-bond acceptors (Lipinski definition) is 4. The molecule has 0 saturated heterocycles. The minimum Gasteiger partial charge on any atom is -0.397 e. The van der Waals surface area contributed by atoms with Gasteiger partial charge in [-0.15, -0.1) is 0 Å². The molecule has 1 aromatic carbocycles. The summed E-state index contributed by atoms with van der Waals surface area (Å²) in [5, 5.41) is 3.63. The summed E-state index contributed by atoms with van der Waals surface area (Å²) in [6, 6.07) is 11.4. The molecule has 1 heterocycles. The maximum absolute atomic E-state index is 10.9. The van der Waals surface area contributed by atoms with Crippen LogP contribution in [0.2, 0.25) is 0 Å². The number of nitrogens with one attached hydrogen (secondary N) is 1. The molecule has 0 bridgehead atoms. The average Bonchev–Trinajstić information content (AvgIpc) is 2.36. The van der Waals surface area contributed by atoms with Crippen molar-refractivity contribution in [2.75, 3.05) is 11.1 Å².